The normalized spacial score (nSPS) is 20.8. The quantitative estimate of drug-likeness (QED) is 0.798. The minimum atomic E-state index is -0.601. The summed E-state index contributed by atoms with van der Waals surface area (Å²) in [5, 5.41) is 2.73. The first-order valence-electron chi connectivity index (χ1n) is 6.47. The van der Waals surface area contributed by atoms with Crippen LogP contribution in [0.3, 0.4) is 0 Å². The number of carbonyl (C=O) groups excluding carboxylic acids is 2. The number of nitrogens with two attached hydrogens (primary N) is 1. The lowest BCUT2D eigenvalue weighted by Crippen LogP contribution is -2.59. The van der Waals surface area contributed by atoms with Gasteiger partial charge < -0.3 is 16.0 Å². The second kappa shape index (κ2) is 5.84. The van der Waals surface area contributed by atoms with E-state index >= 15 is 0 Å². The maximum atomic E-state index is 12.3. The Morgan fingerprint density at radius 2 is 2.16 bits per heavy atom. The lowest BCUT2D eigenvalue weighted by molar-refractivity contribution is -0.143. The largest absolute Gasteiger partial charge is 0.353 e. The van der Waals surface area contributed by atoms with Crippen molar-refractivity contribution >= 4 is 11.8 Å². The lowest BCUT2D eigenvalue weighted by Gasteiger charge is -2.34. The third-order valence-electron chi connectivity index (χ3n) is 3.40. The van der Waals surface area contributed by atoms with E-state index in [0.29, 0.717) is 19.5 Å². The molecule has 1 fully saturated rings. The van der Waals surface area contributed by atoms with Gasteiger partial charge in [-0.1, -0.05) is 30.3 Å². The minimum absolute atomic E-state index is 0.119. The fourth-order valence-corrected chi connectivity index (χ4v) is 2.25. The highest BCUT2D eigenvalue weighted by molar-refractivity contribution is 5.90. The van der Waals surface area contributed by atoms with E-state index in [1.165, 1.54) is 0 Å². The molecule has 3 N–H and O–H groups in total. The van der Waals surface area contributed by atoms with Crippen molar-refractivity contribution in [2.24, 2.45) is 5.73 Å². The average molecular weight is 261 g/mol. The highest BCUT2D eigenvalue weighted by Crippen LogP contribution is 2.09. The molecule has 0 aliphatic carbocycles. The number of amides is 2. The Labute approximate surface area is 112 Å². The topological polar surface area (TPSA) is 75.4 Å². The zero-order valence-electron chi connectivity index (χ0n) is 11.0. The summed E-state index contributed by atoms with van der Waals surface area (Å²) >= 11 is 0. The van der Waals surface area contributed by atoms with E-state index in [0.717, 1.165) is 5.56 Å². The Balaban J connectivity index is 2.00. The molecule has 1 aliphatic rings. The van der Waals surface area contributed by atoms with Crippen LogP contribution in [0.1, 0.15) is 12.5 Å². The van der Waals surface area contributed by atoms with Gasteiger partial charge in [0.05, 0.1) is 6.04 Å². The van der Waals surface area contributed by atoms with E-state index in [4.69, 9.17) is 5.73 Å². The summed E-state index contributed by atoms with van der Waals surface area (Å²) in [6, 6.07) is 8.61. The zero-order chi connectivity index (χ0) is 13.8. The van der Waals surface area contributed by atoms with Gasteiger partial charge in [-0.25, -0.2) is 0 Å². The van der Waals surface area contributed by atoms with Crippen molar-refractivity contribution < 1.29 is 9.59 Å². The number of piperazine rings is 1. The van der Waals surface area contributed by atoms with E-state index in [1.807, 2.05) is 30.3 Å². The molecule has 2 atom stereocenters. The van der Waals surface area contributed by atoms with Crippen molar-refractivity contribution in [2.45, 2.75) is 25.4 Å². The van der Waals surface area contributed by atoms with Crippen LogP contribution in [0.2, 0.25) is 0 Å². The minimum Gasteiger partial charge on any atom is -0.353 e. The Morgan fingerprint density at radius 3 is 2.84 bits per heavy atom. The Hall–Kier alpha value is -1.88. The summed E-state index contributed by atoms with van der Waals surface area (Å²) in [6.45, 7) is 2.74. The van der Waals surface area contributed by atoms with Gasteiger partial charge in [0.15, 0.2) is 0 Å². The standard InChI is InChI=1S/C14H19N3O2/c1-10-13(18)16-7-8-17(10)14(19)12(15)9-11-5-3-2-4-6-11/h2-6,10,12H,7-9,15H2,1H3,(H,16,18). The van der Waals surface area contributed by atoms with Crippen LogP contribution in [-0.4, -0.2) is 41.9 Å². The second-order valence-corrected chi connectivity index (χ2v) is 4.79. The van der Waals surface area contributed by atoms with Gasteiger partial charge >= 0.3 is 0 Å². The molecule has 0 aromatic heterocycles. The summed E-state index contributed by atoms with van der Waals surface area (Å²) in [5.41, 5.74) is 6.99. The monoisotopic (exact) mass is 261 g/mol. The highest BCUT2D eigenvalue weighted by Gasteiger charge is 2.31. The zero-order valence-corrected chi connectivity index (χ0v) is 11.0. The van der Waals surface area contributed by atoms with Gasteiger partial charge in [-0.3, -0.25) is 9.59 Å². The molecule has 5 nitrogen and oxygen atoms in total. The molecular weight excluding hydrogens is 242 g/mol. The van der Waals surface area contributed by atoms with E-state index < -0.39 is 12.1 Å². The van der Waals surface area contributed by atoms with Crippen molar-refractivity contribution in [2.75, 3.05) is 13.1 Å². The molecule has 5 heteroatoms. The molecule has 1 aromatic rings. The summed E-state index contributed by atoms with van der Waals surface area (Å²) in [4.78, 5) is 25.4. The number of nitrogens with one attached hydrogen (secondary N) is 1. The Bertz CT molecular complexity index is 461. The predicted molar refractivity (Wildman–Crippen MR) is 72.3 cm³/mol. The molecule has 2 amide bonds. The molecule has 1 aromatic carbocycles. The van der Waals surface area contributed by atoms with Crippen LogP contribution >= 0.6 is 0 Å². The Morgan fingerprint density at radius 1 is 1.47 bits per heavy atom. The maximum Gasteiger partial charge on any atom is 0.242 e. The molecule has 0 bridgehead atoms. The first kappa shape index (κ1) is 13.5. The third-order valence-corrected chi connectivity index (χ3v) is 3.40. The van der Waals surface area contributed by atoms with Crippen LogP contribution in [0.25, 0.3) is 0 Å². The van der Waals surface area contributed by atoms with Crippen molar-refractivity contribution in [3.05, 3.63) is 35.9 Å². The molecule has 0 radical (unpaired) electrons. The van der Waals surface area contributed by atoms with Gasteiger partial charge in [-0.2, -0.15) is 0 Å². The van der Waals surface area contributed by atoms with E-state index in [9.17, 15) is 9.59 Å². The molecule has 1 heterocycles. The highest BCUT2D eigenvalue weighted by atomic mass is 16.2. The number of benzene rings is 1. The van der Waals surface area contributed by atoms with Gasteiger partial charge in [-0.05, 0) is 18.9 Å². The van der Waals surface area contributed by atoms with Crippen LogP contribution < -0.4 is 11.1 Å². The van der Waals surface area contributed by atoms with Gasteiger partial charge in [0.2, 0.25) is 11.8 Å². The molecule has 2 rings (SSSR count). The summed E-state index contributed by atoms with van der Waals surface area (Å²) in [5.74, 6) is -0.280. The maximum absolute atomic E-state index is 12.3. The molecule has 1 aliphatic heterocycles. The number of nitrogens with zero attached hydrogens (tertiary/aromatic N) is 1. The summed E-state index contributed by atoms with van der Waals surface area (Å²) in [6.07, 6.45) is 0.491. The third kappa shape index (κ3) is 3.12. The van der Waals surface area contributed by atoms with Crippen LogP contribution in [0.5, 0.6) is 0 Å². The lowest BCUT2D eigenvalue weighted by atomic mass is 10.0. The first-order valence-corrected chi connectivity index (χ1v) is 6.47. The fraction of sp³-hybridized carbons (Fsp3) is 0.429. The van der Waals surface area contributed by atoms with Crippen molar-refractivity contribution in [1.29, 1.82) is 0 Å². The number of carbonyl (C=O) groups is 2. The van der Waals surface area contributed by atoms with Crippen LogP contribution in [0.15, 0.2) is 30.3 Å². The Kier molecular flexibility index (Phi) is 4.16. The van der Waals surface area contributed by atoms with E-state index in [2.05, 4.69) is 5.32 Å². The van der Waals surface area contributed by atoms with Crippen molar-refractivity contribution in [1.82, 2.24) is 10.2 Å². The van der Waals surface area contributed by atoms with E-state index in [1.54, 1.807) is 11.8 Å². The van der Waals surface area contributed by atoms with Crippen LogP contribution in [0.4, 0.5) is 0 Å². The van der Waals surface area contributed by atoms with E-state index in [-0.39, 0.29) is 11.8 Å². The molecule has 0 spiro atoms. The molecule has 0 saturated carbocycles. The average Bonchev–Trinajstić information content (AvgIpc) is 2.42. The molecular formula is C14H19N3O2. The van der Waals surface area contributed by atoms with Crippen molar-refractivity contribution in [3.8, 4) is 0 Å². The van der Waals surface area contributed by atoms with Gasteiger partial charge in [0.1, 0.15) is 6.04 Å². The van der Waals surface area contributed by atoms with Crippen molar-refractivity contribution in [3.63, 3.8) is 0 Å². The summed E-state index contributed by atoms with van der Waals surface area (Å²) in [7, 11) is 0. The number of hydrogen-bond donors (Lipinski definition) is 2. The molecule has 2 unspecified atom stereocenters. The number of hydrogen-bond acceptors (Lipinski definition) is 3. The van der Waals surface area contributed by atoms with Crippen LogP contribution in [0, 0.1) is 0 Å². The van der Waals surface area contributed by atoms with Gasteiger partial charge in [0.25, 0.3) is 0 Å². The first-order chi connectivity index (χ1) is 9.09. The summed E-state index contributed by atoms with van der Waals surface area (Å²) < 4.78 is 0. The van der Waals surface area contributed by atoms with Gasteiger partial charge in [0, 0.05) is 13.1 Å². The van der Waals surface area contributed by atoms with Gasteiger partial charge in [-0.15, -0.1) is 0 Å². The smallest absolute Gasteiger partial charge is 0.242 e. The second-order valence-electron chi connectivity index (χ2n) is 4.79. The molecule has 1 saturated heterocycles. The van der Waals surface area contributed by atoms with Crippen LogP contribution in [-0.2, 0) is 16.0 Å². The molecule has 19 heavy (non-hydrogen) atoms. The number of rotatable bonds is 3. The SMILES string of the molecule is CC1C(=O)NCCN1C(=O)C(N)Cc1ccccc1. The molecule has 102 valence electrons. The predicted octanol–water partition coefficient (Wildman–Crippen LogP) is -0.0967. The fourth-order valence-electron chi connectivity index (χ4n) is 2.25.